The molecule has 0 saturated heterocycles. The van der Waals surface area contributed by atoms with E-state index in [1.165, 1.54) is 22.9 Å². The number of rotatable bonds is 5. The Morgan fingerprint density at radius 2 is 2.26 bits per heavy atom. The van der Waals surface area contributed by atoms with Crippen LogP contribution in [0.25, 0.3) is 0 Å². The average molecular weight is 277 g/mol. The summed E-state index contributed by atoms with van der Waals surface area (Å²) in [5.74, 6) is 0.808. The first-order valence-electron chi connectivity index (χ1n) is 5.84. The molecule has 0 radical (unpaired) electrons. The lowest BCUT2D eigenvalue weighted by atomic mass is 10.2. The minimum atomic E-state index is -0.0456. The SMILES string of the molecule is Cc1ccc(C)c(SCC(=O)NCc2nn[nH]n2)c1. The molecule has 0 aliphatic heterocycles. The number of nitrogens with one attached hydrogen (secondary N) is 2. The van der Waals surface area contributed by atoms with Gasteiger partial charge in [-0.3, -0.25) is 4.79 Å². The molecule has 100 valence electrons. The number of tetrazole rings is 1. The molecule has 1 aromatic carbocycles. The van der Waals surface area contributed by atoms with Gasteiger partial charge in [0, 0.05) is 4.90 Å². The second kappa shape index (κ2) is 6.33. The number of benzene rings is 1. The fraction of sp³-hybridized carbons (Fsp3) is 0.333. The van der Waals surface area contributed by atoms with Crippen LogP contribution in [-0.4, -0.2) is 32.3 Å². The molecule has 0 aliphatic rings. The lowest BCUT2D eigenvalue weighted by Crippen LogP contribution is -2.25. The van der Waals surface area contributed by atoms with Crippen LogP contribution in [0.4, 0.5) is 0 Å². The van der Waals surface area contributed by atoms with E-state index in [4.69, 9.17) is 0 Å². The van der Waals surface area contributed by atoms with Crippen molar-refractivity contribution in [1.82, 2.24) is 25.9 Å². The van der Waals surface area contributed by atoms with Gasteiger partial charge in [0.1, 0.15) is 0 Å². The van der Waals surface area contributed by atoms with E-state index in [9.17, 15) is 4.79 Å². The van der Waals surface area contributed by atoms with Crippen LogP contribution in [0.15, 0.2) is 23.1 Å². The van der Waals surface area contributed by atoms with Crippen LogP contribution in [-0.2, 0) is 11.3 Å². The Balaban J connectivity index is 1.81. The number of carbonyl (C=O) groups excluding carboxylic acids is 1. The van der Waals surface area contributed by atoms with Gasteiger partial charge in [-0.05, 0) is 25.5 Å². The van der Waals surface area contributed by atoms with Crippen molar-refractivity contribution in [2.75, 3.05) is 5.75 Å². The summed E-state index contributed by atoms with van der Waals surface area (Å²) in [6, 6.07) is 6.22. The molecule has 0 atom stereocenters. The standard InChI is InChI=1S/C12H15N5OS/c1-8-3-4-9(2)10(5-8)19-7-12(18)13-6-11-14-16-17-15-11/h3-5H,6-7H2,1-2H3,(H,13,18)(H,14,15,16,17). The maximum atomic E-state index is 11.7. The van der Waals surface area contributed by atoms with E-state index in [1.54, 1.807) is 0 Å². The molecule has 1 heterocycles. The Bertz CT molecular complexity index is 555. The van der Waals surface area contributed by atoms with Crippen LogP contribution >= 0.6 is 11.8 Å². The van der Waals surface area contributed by atoms with Crippen molar-refractivity contribution in [3.05, 3.63) is 35.2 Å². The first-order valence-corrected chi connectivity index (χ1v) is 6.83. The van der Waals surface area contributed by atoms with Crippen LogP contribution < -0.4 is 5.32 Å². The number of hydrogen-bond donors (Lipinski definition) is 2. The number of nitrogens with zero attached hydrogens (tertiary/aromatic N) is 3. The molecular weight excluding hydrogens is 262 g/mol. The van der Waals surface area contributed by atoms with Gasteiger partial charge in [-0.2, -0.15) is 5.21 Å². The summed E-state index contributed by atoms with van der Waals surface area (Å²) in [7, 11) is 0. The zero-order valence-corrected chi connectivity index (χ0v) is 11.6. The normalized spacial score (nSPS) is 10.4. The smallest absolute Gasteiger partial charge is 0.230 e. The Hall–Kier alpha value is -1.89. The van der Waals surface area contributed by atoms with E-state index in [2.05, 4.69) is 44.1 Å². The van der Waals surface area contributed by atoms with Gasteiger partial charge in [-0.25, -0.2) is 0 Å². The van der Waals surface area contributed by atoms with E-state index >= 15 is 0 Å². The largest absolute Gasteiger partial charge is 0.348 e. The second-order valence-corrected chi connectivity index (χ2v) is 5.18. The third-order valence-electron chi connectivity index (χ3n) is 2.54. The van der Waals surface area contributed by atoms with Crippen molar-refractivity contribution in [3.8, 4) is 0 Å². The second-order valence-electron chi connectivity index (χ2n) is 4.16. The first-order chi connectivity index (χ1) is 9.15. The molecule has 0 unspecified atom stereocenters. The Morgan fingerprint density at radius 3 is 3.00 bits per heavy atom. The highest BCUT2D eigenvalue weighted by Crippen LogP contribution is 2.23. The number of amides is 1. The molecule has 0 spiro atoms. The van der Waals surface area contributed by atoms with Gasteiger partial charge in [0.2, 0.25) is 5.91 Å². The van der Waals surface area contributed by atoms with Crippen LogP contribution in [0.1, 0.15) is 17.0 Å². The van der Waals surface area contributed by atoms with Crippen molar-refractivity contribution in [2.24, 2.45) is 0 Å². The van der Waals surface area contributed by atoms with E-state index in [1.807, 2.05) is 13.8 Å². The van der Waals surface area contributed by atoms with Crippen LogP contribution in [0.5, 0.6) is 0 Å². The Kier molecular flexibility index (Phi) is 4.51. The maximum absolute atomic E-state index is 11.7. The van der Waals surface area contributed by atoms with Crippen molar-refractivity contribution < 1.29 is 4.79 Å². The summed E-state index contributed by atoms with van der Waals surface area (Å²) in [6.45, 7) is 4.38. The minimum Gasteiger partial charge on any atom is -0.348 e. The van der Waals surface area contributed by atoms with Gasteiger partial charge in [0.05, 0.1) is 12.3 Å². The molecule has 7 heteroatoms. The van der Waals surface area contributed by atoms with Crippen molar-refractivity contribution in [2.45, 2.75) is 25.3 Å². The Morgan fingerprint density at radius 1 is 1.42 bits per heavy atom. The van der Waals surface area contributed by atoms with Crippen LogP contribution in [0, 0.1) is 13.8 Å². The highest BCUT2D eigenvalue weighted by Gasteiger charge is 2.06. The first kappa shape index (κ1) is 13.5. The number of H-pyrrole nitrogens is 1. The predicted molar refractivity (Wildman–Crippen MR) is 72.7 cm³/mol. The fourth-order valence-corrected chi connectivity index (χ4v) is 2.45. The zero-order chi connectivity index (χ0) is 13.7. The maximum Gasteiger partial charge on any atom is 0.230 e. The minimum absolute atomic E-state index is 0.0456. The van der Waals surface area contributed by atoms with Gasteiger partial charge in [0.25, 0.3) is 0 Å². The summed E-state index contributed by atoms with van der Waals surface area (Å²) in [5.41, 5.74) is 2.38. The van der Waals surface area contributed by atoms with Gasteiger partial charge >= 0.3 is 0 Å². The number of thioether (sulfide) groups is 1. The third-order valence-corrected chi connectivity index (χ3v) is 3.69. The molecule has 2 N–H and O–H groups in total. The highest BCUT2D eigenvalue weighted by molar-refractivity contribution is 8.00. The number of carbonyl (C=O) groups is 1. The number of aryl methyl sites for hydroxylation is 2. The molecular formula is C12H15N5OS. The van der Waals surface area contributed by atoms with Gasteiger partial charge in [0.15, 0.2) is 5.82 Å². The van der Waals surface area contributed by atoms with Crippen molar-refractivity contribution >= 4 is 17.7 Å². The van der Waals surface area contributed by atoms with E-state index < -0.39 is 0 Å². The lowest BCUT2D eigenvalue weighted by Gasteiger charge is -2.06. The highest BCUT2D eigenvalue weighted by atomic mass is 32.2. The zero-order valence-electron chi connectivity index (χ0n) is 10.8. The molecule has 0 fully saturated rings. The molecule has 6 nitrogen and oxygen atoms in total. The van der Waals surface area contributed by atoms with Crippen LogP contribution in [0.3, 0.4) is 0 Å². The molecule has 1 aromatic heterocycles. The number of aromatic amines is 1. The summed E-state index contributed by atoms with van der Waals surface area (Å²) < 4.78 is 0. The molecule has 0 saturated carbocycles. The van der Waals surface area contributed by atoms with E-state index in [0.29, 0.717) is 18.1 Å². The third kappa shape index (κ3) is 4.06. The quantitative estimate of drug-likeness (QED) is 0.803. The molecule has 2 aromatic rings. The number of hydrogen-bond acceptors (Lipinski definition) is 5. The van der Waals surface area contributed by atoms with Crippen molar-refractivity contribution in [1.29, 1.82) is 0 Å². The molecule has 0 aliphatic carbocycles. The Labute approximate surface area is 115 Å². The topological polar surface area (TPSA) is 83.6 Å². The number of aromatic nitrogens is 4. The van der Waals surface area contributed by atoms with Crippen LogP contribution in [0.2, 0.25) is 0 Å². The summed E-state index contributed by atoms with van der Waals surface area (Å²) in [6.07, 6.45) is 0. The summed E-state index contributed by atoms with van der Waals surface area (Å²) in [4.78, 5) is 12.8. The van der Waals surface area contributed by atoms with Gasteiger partial charge in [-0.1, -0.05) is 22.9 Å². The monoisotopic (exact) mass is 277 g/mol. The van der Waals surface area contributed by atoms with E-state index in [-0.39, 0.29) is 5.91 Å². The van der Waals surface area contributed by atoms with Crippen molar-refractivity contribution in [3.63, 3.8) is 0 Å². The fourth-order valence-electron chi connectivity index (χ4n) is 1.49. The van der Waals surface area contributed by atoms with E-state index in [0.717, 1.165) is 4.90 Å². The predicted octanol–water partition coefficient (Wildman–Crippen LogP) is 1.23. The molecule has 1 amide bonds. The average Bonchev–Trinajstić information content (AvgIpc) is 2.90. The molecule has 2 rings (SSSR count). The molecule has 19 heavy (non-hydrogen) atoms. The van der Waals surface area contributed by atoms with Gasteiger partial charge < -0.3 is 5.32 Å². The molecule has 0 bridgehead atoms. The lowest BCUT2D eigenvalue weighted by molar-refractivity contribution is -0.118. The summed E-state index contributed by atoms with van der Waals surface area (Å²) in [5, 5.41) is 16.0. The summed E-state index contributed by atoms with van der Waals surface area (Å²) >= 11 is 1.53. The van der Waals surface area contributed by atoms with Gasteiger partial charge in [-0.15, -0.1) is 22.0 Å².